The molecule has 0 aliphatic rings. The van der Waals surface area contributed by atoms with Crippen molar-refractivity contribution in [2.24, 2.45) is 0 Å². The van der Waals surface area contributed by atoms with Gasteiger partial charge in [-0.25, -0.2) is 9.78 Å². The number of hydrogen-bond donors (Lipinski definition) is 1. The summed E-state index contributed by atoms with van der Waals surface area (Å²) in [6, 6.07) is 5.76. The quantitative estimate of drug-likeness (QED) is 0.851. The fraction of sp³-hybridized carbons (Fsp3) is 0.312. The van der Waals surface area contributed by atoms with Gasteiger partial charge in [0.2, 0.25) is 0 Å². The van der Waals surface area contributed by atoms with Crippen molar-refractivity contribution in [3.63, 3.8) is 0 Å². The van der Waals surface area contributed by atoms with Gasteiger partial charge in [0.15, 0.2) is 11.7 Å². The largest absolute Gasteiger partial charge is 0.484 e. The molecule has 1 aromatic carbocycles. The average Bonchev–Trinajstić information content (AvgIpc) is 2.84. The van der Waals surface area contributed by atoms with Crippen LogP contribution in [0.15, 0.2) is 18.2 Å². The molecule has 0 saturated carbocycles. The highest BCUT2D eigenvalue weighted by Crippen LogP contribution is 2.23. The van der Waals surface area contributed by atoms with E-state index < -0.39 is 5.97 Å². The third kappa shape index (κ3) is 4.53. The summed E-state index contributed by atoms with van der Waals surface area (Å²) in [7, 11) is 1.30. The zero-order valence-electron chi connectivity index (χ0n) is 13.4. The zero-order valence-corrected chi connectivity index (χ0v) is 14.2. The number of amides is 1. The van der Waals surface area contributed by atoms with Crippen LogP contribution in [0.25, 0.3) is 0 Å². The minimum absolute atomic E-state index is 0.130. The van der Waals surface area contributed by atoms with Gasteiger partial charge >= 0.3 is 5.97 Å². The maximum atomic E-state index is 11.9. The molecule has 2 rings (SSSR count). The number of benzene rings is 1. The lowest BCUT2D eigenvalue weighted by Gasteiger charge is -2.07. The van der Waals surface area contributed by atoms with E-state index in [0.717, 1.165) is 22.5 Å². The Hall–Kier alpha value is -2.41. The first-order chi connectivity index (χ1) is 10.9. The molecule has 0 aliphatic carbocycles. The molecule has 1 amide bonds. The van der Waals surface area contributed by atoms with Crippen LogP contribution >= 0.6 is 11.3 Å². The van der Waals surface area contributed by atoms with Crippen LogP contribution in [-0.4, -0.2) is 30.6 Å². The van der Waals surface area contributed by atoms with Gasteiger partial charge in [-0.05, 0) is 44.0 Å². The molecule has 122 valence electrons. The summed E-state index contributed by atoms with van der Waals surface area (Å²) in [6.07, 6.45) is 0. The first kappa shape index (κ1) is 17.0. The Labute approximate surface area is 138 Å². The lowest BCUT2D eigenvalue weighted by molar-refractivity contribution is -0.118. The van der Waals surface area contributed by atoms with Gasteiger partial charge in [-0.3, -0.25) is 10.1 Å². The van der Waals surface area contributed by atoms with Gasteiger partial charge < -0.3 is 9.47 Å². The van der Waals surface area contributed by atoms with E-state index in [1.807, 2.05) is 32.0 Å². The molecule has 0 saturated heterocycles. The van der Waals surface area contributed by atoms with Gasteiger partial charge in [0.1, 0.15) is 10.6 Å². The van der Waals surface area contributed by atoms with Crippen molar-refractivity contribution >= 4 is 28.3 Å². The van der Waals surface area contributed by atoms with Crippen LogP contribution in [0.3, 0.4) is 0 Å². The molecular weight excluding hydrogens is 316 g/mol. The molecule has 0 spiro atoms. The van der Waals surface area contributed by atoms with Crippen molar-refractivity contribution in [2.45, 2.75) is 20.8 Å². The number of aryl methyl sites for hydroxylation is 3. The highest BCUT2D eigenvalue weighted by Gasteiger charge is 2.17. The Morgan fingerprint density at radius 2 is 1.83 bits per heavy atom. The van der Waals surface area contributed by atoms with Crippen LogP contribution in [0.4, 0.5) is 5.13 Å². The van der Waals surface area contributed by atoms with E-state index in [-0.39, 0.29) is 12.5 Å². The van der Waals surface area contributed by atoms with E-state index in [1.54, 1.807) is 6.92 Å². The maximum absolute atomic E-state index is 11.9. The van der Waals surface area contributed by atoms with Crippen LogP contribution < -0.4 is 10.1 Å². The molecule has 0 unspecified atom stereocenters. The summed E-state index contributed by atoms with van der Waals surface area (Å²) in [5, 5.41) is 2.96. The Kier molecular flexibility index (Phi) is 5.33. The first-order valence-corrected chi connectivity index (χ1v) is 7.77. The number of carbonyl (C=O) groups is 2. The van der Waals surface area contributed by atoms with Crippen molar-refractivity contribution in [1.82, 2.24) is 4.98 Å². The molecule has 7 heteroatoms. The molecule has 0 fully saturated rings. The number of ether oxygens (including phenoxy) is 2. The second-order valence-electron chi connectivity index (χ2n) is 5.09. The van der Waals surface area contributed by atoms with Crippen molar-refractivity contribution in [2.75, 3.05) is 19.0 Å². The molecule has 0 aliphatic heterocycles. The molecule has 0 radical (unpaired) electrons. The van der Waals surface area contributed by atoms with E-state index in [0.29, 0.717) is 21.5 Å². The van der Waals surface area contributed by atoms with Crippen molar-refractivity contribution in [1.29, 1.82) is 0 Å². The van der Waals surface area contributed by atoms with E-state index >= 15 is 0 Å². The molecule has 2 aromatic rings. The van der Waals surface area contributed by atoms with Crippen LogP contribution in [-0.2, 0) is 9.53 Å². The lowest BCUT2D eigenvalue weighted by atomic mass is 10.1. The predicted octanol–water partition coefficient (Wildman–Crippen LogP) is 2.87. The lowest BCUT2D eigenvalue weighted by Crippen LogP contribution is -2.20. The van der Waals surface area contributed by atoms with Gasteiger partial charge in [0.25, 0.3) is 5.91 Å². The average molecular weight is 334 g/mol. The number of nitrogens with one attached hydrogen (secondary N) is 1. The first-order valence-electron chi connectivity index (χ1n) is 6.95. The Morgan fingerprint density at radius 3 is 2.43 bits per heavy atom. The fourth-order valence-electron chi connectivity index (χ4n) is 2.05. The Balaban J connectivity index is 1.96. The second-order valence-corrected chi connectivity index (χ2v) is 6.08. The summed E-state index contributed by atoms with van der Waals surface area (Å²) < 4.78 is 10.1. The molecular formula is C16H18N2O4S. The number of aromatic nitrogens is 1. The number of thiazole rings is 1. The third-order valence-electron chi connectivity index (χ3n) is 2.98. The number of anilines is 1. The zero-order chi connectivity index (χ0) is 17.0. The van der Waals surface area contributed by atoms with Gasteiger partial charge in [-0.15, -0.1) is 0 Å². The van der Waals surface area contributed by atoms with E-state index in [9.17, 15) is 9.59 Å². The van der Waals surface area contributed by atoms with Crippen molar-refractivity contribution in [3.8, 4) is 5.75 Å². The topological polar surface area (TPSA) is 77.5 Å². The molecule has 1 N–H and O–H groups in total. The number of rotatable bonds is 5. The van der Waals surface area contributed by atoms with Crippen LogP contribution in [0.1, 0.15) is 26.5 Å². The Bertz CT molecular complexity index is 719. The van der Waals surface area contributed by atoms with E-state index in [1.165, 1.54) is 7.11 Å². The summed E-state index contributed by atoms with van der Waals surface area (Å²) >= 11 is 1.07. The molecule has 1 aromatic heterocycles. The van der Waals surface area contributed by atoms with E-state index in [4.69, 9.17) is 4.74 Å². The van der Waals surface area contributed by atoms with Crippen molar-refractivity contribution in [3.05, 3.63) is 39.9 Å². The third-order valence-corrected chi connectivity index (χ3v) is 4.03. The van der Waals surface area contributed by atoms with E-state index in [2.05, 4.69) is 15.0 Å². The number of methoxy groups -OCH3 is 1. The fourth-order valence-corrected chi connectivity index (χ4v) is 2.95. The highest BCUT2D eigenvalue weighted by atomic mass is 32.1. The molecule has 0 atom stereocenters. The molecule has 0 bridgehead atoms. The minimum Gasteiger partial charge on any atom is -0.484 e. The van der Waals surface area contributed by atoms with Crippen LogP contribution in [0.5, 0.6) is 5.75 Å². The smallest absolute Gasteiger partial charge is 0.350 e. The van der Waals surface area contributed by atoms with Gasteiger partial charge in [-0.1, -0.05) is 17.4 Å². The number of carbonyl (C=O) groups excluding carboxylic acids is 2. The number of hydrogen-bond acceptors (Lipinski definition) is 6. The SMILES string of the molecule is COC(=O)c1sc(NC(=O)COc2cc(C)cc(C)c2)nc1C. The standard InChI is InChI=1S/C16H18N2O4S/c1-9-5-10(2)7-12(6-9)22-8-13(19)18-16-17-11(3)14(23-16)15(20)21-4/h5-7H,8H2,1-4H3,(H,17,18,19). The molecule has 6 nitrogen and oxygen atoms in total. The second kappa shape index (κ2) is 7.23. The summed E-state index contributed by atoms with van der Waals surface area (Å²) in [4.78, 5) is 28.0. The highest BCUT2D eigenvalue weighted by molar-refractivity contribution is 7.17. The summed E-state index contributed by atoms with van der Waals surface area (Å²) in [5.41, 5.74) is 2.66. The number of nitrogens with zero attached hydrogens (tertiary/aromatic N) is 1. The maximum Gasteiger partial charge on any atom is 0.350 e. The van der Waals surface area contributed by atoms with Gasteiger partial charge in [0, 0.05) is 0 Å². The summed E-state index contributed by atoms with van der Waals surface area (Å²) in [6.45, 7) is 5.48. The van der Waals surface area contributed by atoms with Crippen LogP contribution in [0, 0.1) is 20.8 Å². The van der Waals surface area contributed by atoms with Crippen molar-refractivity contribution < 1.29 is 19.1 Å². The predicted molar refractivity (Wildman–Crippen MR) is 88.2 cm³/mol. The monoisotopic (exact) mass is 334 g/mol. The molecule has 23 heavy (non-hydrogen) atoms. The Morgan fingerprint density at radius 1 is 1.17 bits per heavy atom. The minimum atomic E-state index is -0.466. The molecule has 1 heterocycles. The van der Waals surface area contributed by atoms with Gasteiger partial charge in [-0.2, -0.15) is 0 Å². The summed E-state index contributed by atoms with van der Waals surface area (Å²) in [5.74, 6) is -0.162. The normalized spacial score (nSPS) is 10.3. The number of esters is 1. The van der Waals surface area contributed by atoms with Gasteiger partial charge in [0.05, 0.1) is 12.8 Å². The van der Waals surface area contributed by atoms with Crippen LogP contribution in [0.2, 0.25) is 0 Å².